The number of likely N-dealkylation sites (N-methyl/N-ethyl adjacent to an activating group) is 1. The van der Waals surface area contributed by atoms with E-state index in [9.17, 15) is 9.18 Å². The van der Waals surface area contributed by atoms with Crippen molar-refractivity contribution in [3.8, 4) is 0 Å². The maximum Gasteiger partial charge on any atom is 0.236 e. The summed E-state index contributed by atoms with van der Waals surface area (Å²) in [6.45, 7) is 1.13. The van der Waals surface area contributed by atoms with E-state index in [1.807, 2.05) is 4.90 Å². The van der Waals surface area contributed by atoms with Gasteiger partial charge in [-0.05, 0) is 18.9 Å². The summed E-state index contributed by atoms with van der Waals surface area (Å²) in [7, 11) is 1.68. The molecule has 1 aliphatic rings. The summed E-state index contributed by atoms with van der Waals surface area (Å²) in [4.78, 5) is 15.7. The molecule has 5 heteroatoms. The highest BCUT2D eigenvalue weighted by Crippen LogP contribution is 2.26. The Bertz CT molecular complexity index is 463. The average Bonchev–Trinajstić information content (AvgIpc) is 3.25. The Morgan fingerprint density at radius 1 is 1.40 bits per heavy atom. The van der Waals surface area contributed by atoms with Crippen molar-refractivity contribution in [1.29, 1.82) is 0 Å². The SMILES string of the molecule is CN(Cc1ccccc1F)C(=O)CN(CCO)C1CC1. The topological polar surface area (TPSA) is 43.8 Å². The van der Waals surface area contributed by atoms with E-state index in [0.717, 1.165) is 12.8 Å². The van der Waals surface area contributed by atoms with E-state index >= 15 is 0 Å². The van der Waals surface area contributed by atoms with Gasteiger partial charge in [-0.15, -0.1) is 0 Å². The number of aliphatic hydroxyl groups excluding tert-OH is 1. The summed E-state index contributed by atoms with van der Waals surface area (Å²) >= 11 is 0. The summed E-state index contributed by atoms with van der Waals surface area (Å²) in [5, 5.41) is 9.02. The third-order valence-electron chi connectivity index (χ3n) is 3.58. The van der Waals surface area contributed by atoms with Gasteiger partial charge in [-0.2, -0.15) is 0 Å². The molecular formula is C15H21FN2O2. The summed E-state index contributed by atoms with van der Waals surface area (Å²) < 4.78 is 13.6. The van der Waals surface area contributed by atoms with E-state index in [4.69, 9.17) is 5.11 Å². The Morgan fingerprint density at radius 3 is 2.70 bits per heavy atom. The van der Waals surface area contributed by atoms with Crippen molar-refractivity contribution in [2.45, 2.75) is 25.4 Å². The Morgan fingerprint density at radius 2 is 2.10 bits per heavy atom. The zero-order chi connectivity index (χ0) is 14.5. The fourth-order valence-electron chi connectivity index (χ4n) is 2.22. The van der Waals surface area contributed by atoms with Crippen LogP contribution in [0.4, 0.5) is 4.39 Å². The molecule has 2 rings (SSSR count). The van der Waals surface area contributed by atoms with Crippen molar-refractivity contribution in [1.82, 2.24) is 9.80 Å². The number of aliphatic hydroxyl groups is 1. The summed E-state index contributed by atoms with van der Waals surface area (Å²) in [5.41, 5.74) is 0.517. The molecule has 0 heterocycles. The Balaban J connectivity index is 1.89. The molecule has 0 saturated heterocycles. The molecule has 0 aromatic heterocycles. The van der Waals surface area contributed by atoms with E-state index in [1.165, 1.54) is 11.0 Å². The van der Waals surface area contributed by atoms with Crippen LogP contribution in [0, 0.1) is 5.82 Å². The van der Waals surface area contributed by atoms with Crippen LogP contribution in [0.25, 0.3) is 0 Å². The maximum atomic E-state index is 13.6. The van der Waals surface area contributed by atoms with Gasteiger partial charge in [0.15, 0.2) is 0 Å². The van der Waals surface area contributed by atoms with E-state index in [-0.39, 0.29) is 31.4 Å². The molecule has 0 unspecified atom stereocenters. The molecular weight excluding hydrogens is 259 g/mol. The smallest absolute Gasteiger partial charge is 0.236 e. The van der Waals surface area contributed by atoms with E-state index in [0.29, 0.717) is 18.2 Å². The molecule has 1 saturated carbocycles. The molecule has 110 valence electrons. The Kier molecular flexibility index (Phi) is 5.09. The van der Waals surface area contributed by atoms with Crippen molar-refractivity contribution in [2.24, 2.45) is 0 Å². The molecule has 0 atom stereocenters. The molecule has 4 nitrogen and oxygen atoms in total. The normalized spacial score (nSPS) is 14.6. The van der Waals surface area contributed by atoms with Crippen LogP contribution < -0.4 is 0 Å². The van der Waals surface area contributed by atoms with Gasteiger partial charge in [0, 0.05) is 31.7 Å². The van der Waals surface area contributed by atoms with Gasteiger partial charge in [0.05, 0.1) is 13.2 Å². The Labute approximate surface area is 118 Å². The first-order valence-electron chi connectivity index (χ1n) is 6.94. The van der Waals surface area contributed by atoms with Gasteiger partial charge in [0.2, 0.25) is 5.91 Å². The lowest BCUT2D eigenvalue weighted by molar-refractivity contribution is -0.131. The van der Waals surface area contributed by atoms with Crippen LogP contribution in [-0.4, -0.2) is 53.6 Å². The number of amides is 1. The van der Waals surface area contributed by atoms with Crippen LogP contribution in [0.15, 0.2) is 24.3 Å². The number of hydrogen-bond acceptors (Lipinski definition) is 3. The molecule has 0 aliphatic heterocycles. The number of benzene rings is 1. The molecule has 0 bridgehead atoms. The first kappa shape index (κ1) is 14.9. The minimum Gasteiger partial charge on any atom is -0.395 e. The third kappa shape index (κ3) is 4.02. The lowest BCUT2D eigenvalue weighted by atomic mass is 10.2. The van der Waals surface area contributed by atoms with Crippen molar-refractivity contribution in [2.75, 3.05) is 26.7 Å². The first-order chi connectivity index (χ1) is 9.61. The number of halogens is 1. The second kappa shape index (κ2) is 6.81. The Hall–Kier alpha value is -1.46. The van der Waals surface area contributed by atoms with Crippen LogP contribution in [0.1, 0.15) is 18.4 Å². The minimum absolute atomic E-state index is 0.0476. The molecule has 1 amide bonds. The zero-order valence-electron chi connectivity index (χ0n) is 11.8. The monoisotopic (exact) mass is 280 g/mol. The number of carbonyl (C=O) groups is 1. The van der Waals surface area contributed by atoms with Gasteiger partial charge in [0.1, 0.15) is 5.82 Å². The number of carbonyl (C=O) groups excluding carboxylic acids is 1. The van der Waals surface area contributed by atoms with Gasteiger partial charge in [-0.1, -0.05) is 18.2 Å². The first-order valence-corrected chi connectivity index (χ1v) is 6.94. The largest absolute Gasteiger partial charge is 0.395 e. The summed E-state index contributed by atoms with van der Waals surface area (Å²) in [6.07, 6.45) is 2.18. The van der Waals surface area contributed by atoms with Crippen LogP contribution in [0.3, 0.4) is 0 Å². The van der Waals surface area contributed by atoms with Crippen molar-refractivity contribution >= 4 is 5.91 Å². The van der Waals surface area contributed by atoms with Crippen LogP contribution in [-0.2, 0) is 11.3 Å². The maximum absolute atomic E-state index is 13.6. The summed E-state index contributed by atoms with van der Waals surface area (Å²) in [6, 6.07) is 6.91. The molecule has 1 aliphatic carbocycles. The van der Waals surface area contributed by atoms with E-state index in [2.05, 4.69) is 0 Å². The molecule has 1 N–H and O–H groups in total. The molecule has 1 fully saturated rings. The minimum atomic E-state index is -0.290. The summed E-state index contributed by atoms with van der Waals surface area (Å²) in [5.74, 6) is -0.338. The van der Waals surface area contributed by atoms with Crippen molar-refractivity contribution in [3.63, 3.8) is 0 Å². The van der Waals surface area contributed by atoms with Crippen LogP contribution in [0.2, 0.25) is 0 Å². The van der Waals surface area contributed by atoms with Gasteiger partial charge >= 0.3 is 0 Å². The van der Waals surface area contributed by atoms with Crippen molar-refractivity contribution in [3.05, 3.63) is 35.6 Å². The van der Waals surface area contributed by atoms with Gasteiger partial charge in [0.25, 0.3) is 0 Å². The second-order valence-electron chi connectivity index (χ2n) is 5.27. The number of nitrogens with zero attached hydrogens (tertiary/aromatic N) is 2. The fraction of sp³-hybridized carbons (Fsp3) is 0.533. The zero-order valence-corrected chi connectivity index (χ0v) is 11.8. The quantitative estimate of drug-likeness (QED) is 0.817. The van der Waals surface area contributed by atoms with Gasteiger partial charge < -0.3 is 10.0 Å². The highest BCUT2D eigenvalue weighted by molar-refractivity contribution is 5.78. The highest BCUT2D eigenvalue weighted by atomic mass is 19.1. The van der Waals surface area contributed by atoms with E-state index in [1.54, 1.807) is 25.2 Å². The van der Waals surface area contributed by atoms with Crippen molar-refractivity contribution < 1.29 is 14.3 Å². The molecule has 0 radical (unpaired) electrons. The number of hydrogen-bond donors (Lipinski definition) is 1. The number of rotatable bonds is 7. The molecule has 1 aromatic rings. The predicted molar refractivity (Wildman–Crippen MR) is 74.6 cm³/mol. The molecule has 0 spiro atoms. The fourth-order valence-corrected chi connectivity index (χ4v) is 2.22. The lowest BCUT2D eigenvalue weighted by Gasteiger charge is -2.24. The average molecular weight is 280 g/mol. The van der Waals surface area contributed by atoms with E-state index < -0.39 is 0 Å². The standard InChI is InChI=1S/C15H21FN2O2/c1-17(10-12-4-2-3-5-14(12)16)15(20)11-18(8-9-19)13-6-7-13/h2-5,13,19H,6-11H2,1H3. The lowest BCUT2D eigenvalue weighted by Crippen LogP contribution is -2.40. The van der Waals surface area contributed by atoms with Crippen LogP contribution in [0.5, 0.6) is 0 Å². The van der Waals surface area contributed by atoms with Gasteiger partial charge in [-0.25, -0.2) is 4.39 Å². The molecule has 1 aromatic carbocycles. The van der Waals surface area contributed by atoms with Gasteiger partial charge in [-0.3, -0.25) is 9.69 Å². The third-order valence-corrected chi connectivity index (χ3v) is 3.58. The highest BCUT2D eigenvalue weighted by Gasteiger charge is 2.30. The predicted octanol–water partition coefficient (Wildman–Crippen LogP) is 1.24. The molecule has 20 heavy (non-hydrogen) atoms. The van der Waals surface area contributed by atoms with Crippen LogP contribution >= 0.6 is 0 Å². The second-order valence-corrected chi connectivity index (χ2v) is 5.27.